The second kappa shape index (κ2) is 10.2. The summed E-state index contributed by atoms with van der Waals surface area (Å²) in [5.74, 6) is 1.75. The van der Waals surface area contributed by atoms with Crippen LogP contribution in [0.2, 0.25) is 10.2 Å². The minimum Gasteiger partial charge on any atom is -0.354 e. The molecule has 0 radical (unpaired) electrons. The highest BCUT2D eigenvalue weighted by molar-refractivity contribution is 6.41. The number of hydrogen-bond donors (Lipinski definition) is 2. The molecule has 0 unspecified atom stereocenters. The van der Waals surface area contributed by atoms with Crippen molar-refractivity contribution in [1.29, 1.82) is 0 Å². The zero-order valence-corrected chi connectivity index (χ0v) is 18.8. The second-order valence-corrected chi connectivity index (χ2v) is 7.82. The molecule has 0 aliphatic carbocycles. The third-order valence-corrected chi connectivity index (χ3v) is 6.13. The van der Waals surface area contributed by atoms with Gasteiger partial charge in [0.1, 0.15) is 11.0 Å². The van der Waals surface area contributed by atoms with Gasteiger partial charge in [-0.15, -0.1) is 0 Å². The van der Waals surface area contributed by atoms with Crippen molar-refractivity contribution < 1.29 is 0 Å². The van der Waals surface area contributed by atoms with Gasteiger partial charge in [-0.3, -0.25) is 4.99 Å². The van der Waals surface area contributed by atoms with Gasteiger partial charge in [-0.25, -0.2) is 4.98 Å². The van der Waals surface area contributed by atoms with E-state index in [1.165, 1.54) is 5.56 Å². The Labute approximate surface area is 182 Å². The summed E-state index contributed by atoms with van der Waals surface area (Å²) >= 11 is 12.2. The fraction of sp³-hybridized carbons (Fsp3) is 0.500. The van der Waals surface area contributed by atoms with E-state index in [-0.39, 0.29) is 0 Å². The zero-order valence-electron chi connectivity index (χ0n) is 17.3. The number of aliphatic imine (C=N–C) groups is 1. The third-order valence-electron chi connectivity index (χ3n) is 5.29. The average molecular weight is 438 g/mol. The second-order valence-electron chi connectivity index (χ2n) is 7.06. The van der Waals surface area contributed by atoms with Crippen LogP contribution in [-0.4, -0.2) is 60.2 Å². The molecule has 2 aromatic heterocycles. The molecule has 9 heteroatoms. The first kappa shape index (κ1) is 21.7. The van der Waals surface area contributed by atoms with E-state index >= 15 is 0 Å². The number of nitrogens with zero attached hydrogens (tertiary/aromatic N) is 5. The molecule has 1 saturated heterocycles. The lowest BCUT2D eigenvalue weighted by molar-refractivity contribution is 0.270. The summed E-state index contributed by atoms with van der Waals surface area (Å²) < 4.78 is 1.86. The maximum absolute atomic E-state index is 6.13. The van der Waals surface area contributed by atoms with Gasteiger partial charge in [-0.2, -0.15) is 0 Å². The number of hydrogen-bond acceptors (Lipinski definition) is 4. The van der Waals surface area contributed by atoms with E-state index in [0.29, 0.717) is 29.2 Å². The van der Waals surface area contributed by atoms with Gasteiger partial charge < -0.3 is 25.0 Å². The Kier molecular flexibility index (Phi) is 7.64. The molecule has 0 atom stereocenters. The van der Waals surface area contributed by atoms with Crippen LogP contribution < -0.4 is 15.5 Å². The normalized spacial score (nSPS) is 15.6. The SMILES string of the molecule is CCN1CCN(c2cc(CNC(=NC)NCc3cc(Cl)c(Cl)n3C)ccn2)CC1. The number of aromatic nitrogens is 2. The summed E-state index contributed by atoms with van der Waals surface area (Å²) in [6.45, 7) is 8.77. The van der Waals surface area contributed by atoms with Crippen molar-refractivity contribution in [1.82, 2.24) is 25.1 Å². The molecular formula is C20H29Cl2N7. The van der Waals surface area contributed by atoms with Gasteiger partial charge in [0.25, 0.3) is 0 Å². The van der Waals surface area contributed by atoms with E-state index in [0.717, 1.165) is 44.2 Å². The minimum atomic E-state index is 0.537. The molecule has 1 aliphatic rings. The van der Waals surface area contributed by atoms with E-state index in [1.54, 1.807) is 7.05 Å². The molecule has 7 nitrogen and oxygen atoms in total. The number of nitrogens with one attached hydrogen (secondary N) is 2. The van der Waals surface area contributed by atoms with Crippen LogP contribution in [-0.2, 0) is 20.1 Å². The summed E-state index contributed by atoms with van der Waals surface area (Å²) in [6.07, 6.45) is 1.88. The van der Waals surface area contributed by atoms with Crippen LogP contribution in [0, 0.1) is 0 Å². The van der Waals surface area contributed by atoms with Crippen molar-refractivity contribution in [2.75, 3.05) is 44.7 Å². The minimum absolute atomic E-state index is 0.537. The fourth-order valence-electron chi connectivity index (χ4n) is 3.38. The van der Waals surface area contributed by atoms with E-state index < -0.39 is 0 Å². The lowest BCUT2D eigenvalue weighted by atomic mass is 10.2. The van der Waals surface area contributed by atoms with Crippen LogP contribution in [0.25, 0.3) is 0 Å². The number of halogens is 2. The quantitative estimate of drug-likeness (QED) is 0.537. The number of rotatable bonds is 6. The lowest BCUT2D eigenvalue weighted by Crippen LogP contribution is -2.46. The third kappa shape index (κ3) is 5.56. The number of piperazine rings is 1. The maximum atomic E-state index is 6.13. The highest BCUT2D eigenvalue weighted by atomic mass is 35.5. The van der Waals surface area contributed by atoms with Crippen LogP contribution in [0.5, 0.6) is 0 Å². The van der Waals surface area contributed by atoms with Crippen molar-refractivity contribution >= 4 is 35.0 Å². The topological polar surface area (TPSA) is 60.7 Å². The Bertz CT molecular complexity index is 841. The van der Waals surface area contributed by atoms with Crippen LogP contribution in [0.3, 0.4) is 0 Å². The van der Waals surface area contributed by atoms with Crippen LogP contribution in [0.15, 0.2) is 29.4 Å². The molecule has 0 aromatic carbocycles. The largest absolute Gasteiger partial charge is 0.354 e. The van der Waals surface area contributed by atoms with Crippen molar-refractivity contribution in [2.24, 2.45) is 12.0 Å². The van der Waals surface area contributed by atoms with E-state index in [1.807, 2.05) is 29.9 Å². The molecule has 0 saturated carbocycles. The molecule has 2 aromatic rings. The molecule has 3 heterocycles. The molecule has 158 valence electrons. The van der Waals surface area contributed by atoms with Gasteiger partial charge in [-0.1, -0.05) is 30.1 Å². The highest BCUT2D eigenvalue weighted by Crippen LogP contribution is 2.24. The first-order valence-electron chi connectivity index (χ1n) is 9.88. The first-order chi connectivity index (χ1) is 14.0. The zero-order chi connectivity index (χ0) is 20.8. The summed E-state index contributed by atoms with van der Waals surface area (Å²) in [4.78, 5) is 13.7. The summed E-state index contributed by atoms with van der Waals surface area (Å²) in [5.41, 5.74) is 2.15. The summed E-state index contributed by atoms with van der Waals surface area (Å²) in [6, 6.07) is 6.04. The van der Waals surface area contributed by atoms with Crippen molar-refractivity contribution in [3.05, 3.63) is 45.8 Å². The van der Waals surface area contributed by atoms with Gasteiger partial charge >= 0.3 is 0 Å². The molecule has 0 amide bonds. The Morgan fingerprint density at radius 2 is 1.86 bits per heavy atom. The smallest absolute Gasteiger partial charge is 0.191 e. The number of likely N-dealkylation sites (N-methyl/N-ethyl adjacent to an activating group) is 1. The van der Waals surface area contributed by atoms with Crippen LogP contribution >= 0.6 is 23.2 Å². The van der Waals surface area contributed by atoms with Crippen LogP contribution in [0.1, 0.15) is 18.2 Å². The predicted octanol–water partition coefficient (Wildman–Crippen LogP) is 2.73. The summed E-state index contributed by atoms with van der Waals surface area (Å²) in [7, 11) is 3.64. The molecule has 1 fully saturated rings. The summed E-state index contributed by atoms with van der Waals surface area (Å²) in [5, 5.41) is 7.74. The monoisotopic (exact) mass is 437 g/mol. The maximum Gasteiger partial charge on any atom is 0.191 e. The lowest BCUT2D eigenvalue weighted by Gasteiger charge is -2.34. The number of guanidine groups is 1. The van der Waals surface area contributed by atoms with Crippen molar-refractivity contribution in [3.8, 4) is 0 Å². The highest BCUT2D eigenvalue weighted by Gasteiger charge is 2.17. The Morgan fingerprint density at radius 3 is 2.48 bits per heavy atom. The molecule has 3 rings (SSSR count). The van der Waals surface area contributed by atoms with Crippen molar-refractivity contribution in [2.45, 2.75) is 20.0 Å². The number of pyridine rings is 1. The van der Waals surface area contributed by atoms with Crippen molar-refractivity contribution in [3.63, 3.8) is 0 Å². The molecule has 1 aliphatic heterocycles. The van der Waals surface area contributed by atoms with Crippen LogP contribution in [0.4, 0.5) is 5.82 Å². The Balaban J connectivity index is 1.54. The van der Waals surface area contributed by atoms with E-state index in [9.17, 15) is 0 Å². The standard InChI is InChI=1S/C20H29Cl2N7/c1-4-28-7-9-29(10-8-28)18-11-15(5-6-24-18)13-25-20(23-2)26-14-16-12-17(21)19(22)27(16)3/h5-6,11-12H,4,7-10,13-14H2,1-3H3,(H2,23,25,26). The Hall–Kier alpha value is -1.96. The van der Waals surface area contributed by atoms with Gasteiger partial charge in [0.05, 0.1) is 11.6 Å². The molecule has 0 bridgehead atoms. The van der Waals surface area contributed by atoms with Gasteiger partial charge in [0.15, 0.2) is 5.96 Å². The van der Waals surface area contributed by atoms with Gasteiger partial charge in [0.2, 0.25) is 0 Å². The van der Waals surface area contributed by atoms with Gasteiger partial charge in [-0.05, 0) is 30.3 Å². The molecular weight excluding hydrogens is 409 g/mol. The first-order valence-corrected chi connectivity index (χ1v) is 10.6. The Morgan fingerprint density at radius 1 is 1.14 bits per heavy atom. The average Bonchev–Trinajstić information content (AvgIpc) is 3.01. The van der Waals surface area contributed by atoms with E-state index in [2.05, 4.69) is 43.4 Å². The van der Waals surface area contributed by atoms with E-state index in [4.69, 9.17) is 23.2 Å². The molecule has 2 N–H and O–H groups in total. The molecule has 0 spiro atoms. The number of anilines is 1. The fourth-order valence-corrected chi connectivity index (χ4v) is 3.79. The molecule has 29 heavy (non-hydrogen) atoms. The van der Waals surface area contributed by atoms with Gasteiger partial charge in [0, 0.05) is 58.7 Å². The predicted molar refractivity (Wildman–Crippen MR) is 121 cm³/mol.